The minimum Gasteiger partial charge on any atom is -0.493 e. The maximum absolute atomic E-state index is 13.3. The van der Waals surface area contributed by atoms with Crippen molar-refractivity contribution in [2.45, 2.75) is 19.0 Å². The van der Waals surface area contributed by atoms with Gasteiger partial charge in [-0.1, -0.05) is 24.3 Å². The first-order valence-corrected chi connectivity index (χ1v) is 10.8. The molecule has 2 aromatic carbocycles. The lowest BCUT2D eigenvalue weighted by molar-refractivity contribution is -0.142. The third-order valence-electron chi connectivity index (χ3n) is 5.97. The van der Waals surface area contributed by atoms with Crippen LogP contribution >= 0.6 is 0 Å². The zero-order chi connectivity index (χ0) is 22.5. The Balaban J connectivity index is 1.51. The summed E-state index contributed by atoms with van der Waals surface area (Å²) in [6, 6.07) is 11.7. The molecule has 170 valence electrons. The number of hydrogen-bond acceptors (Lipinski definition) is 6. The van der Waals surface area contributed by atoms with Gasteiger partial charge in [0.15, 0.2) is 11.5 Å². The molecule has 0 aromatic heterocycles. The second-order valence-corrected chi connectivity index (χ2v) is 7.93. The normalized spacial score (nSPS) is 18.7. The summed E-state index contributed by atoms with van der Waals surface area (Å²) in [5, 5.41) is 9.75. The van der Waals surface area contributed by atoms with Gasteiger partial charge in [-0.2, -0.15) is 0 Å². The zero-order valence-electron chi connectivity index (χ0n) is 18.2. The van der Waals surface area contributed by atoms with Crippen LogP contribution in [0.15, 0.2) is 42.5 Å². The van der Waals surface area contributed by atoms with Crippen molar-refractivity contribution in [3.8, 4) is 11.5 Å². The number of fused-ring (bicyclic) bond motifs is 1. The molecule has 8 nitrogen and oxygen atoms in total. The van der Waals surface area contributed by atoms with Crippen molar-refractivity contribution in [3.05, 3.63) is 59.2 Å². The first-order valence-electron chi connectivity index (χ1n) is 10.8. The zero-order valence-corrected chi connectivity index (χ0v) is 18.2. The van der Waals surface area contributed by atoms with Gasteiger partial charge in [0, 0.05) is 38.2 Å². The van der Waals surface area contributed by atoms with E-state index >= 15 is 0 Å². The monoisotopic (exact) mass is 440 g/mol. The van der Waals surface area contributed by atoms with Crippen LogP contribution in [0, 0.1) is 0 Å². The van der Waals surface area contributed by atoms with Crippen LogP contribution in [0.3, 0.4) is 0 Å². The number of benzene rings is 2. The number of ether oxygens (including phenoxy) is 3. The number of morpholine rings is 1. The second-order valence-electron chi connectivity index (χ2n) is 7.93. The largest absolute Gasteiger partial charge is 0.493 e. The summed E-state index contributed by atoms with van der Waals surface area (Å²) in [5.41, 5.74) is 2.30. The van der Waals surface area contributed by atoms with E-state index in [0.29, 0.717) is 23.7 Å². The lowest BCUT2D eigenvalue weighted by Crippen LogP contribution is -2.48. The second kappa shape index (κ2) is 10.0. The minimum absolute atomic E-state index is 0.255. The van der Waals surface area contributed by atoms with E-state index in [1.807, 2.05) is 24.3 Å². The molecule has 1 atom stereocenters. The fourth-order valence-electron chi connectivity index (χ4n) is 4.15. The van der Waals surface area contributed by atoms with E-state index in [0.717, 1.165) is 44.0 Å². The Labute approximate surface area is 187 Å². The maximum Gasteiger partial charge on any atom is 0.326 e. The summed E-state index contributed by atoms with van der Waals surface area (Å²) < 4.78 is 16.7. The summed E-state index contributed by atoms with van der Waals surface area (Å²) >= 11 is 0. The lowest BCUT2D eigenvalue weighted by Gasteiger charge is -2.34. The van der Waals surface area contributed by atoms with Gasteiger partial charge in [-0.15, -0.1) is 0 Å². The van der Waals surface area contributed by atoms with Gasteiger partial charge < -0.3 is 24.2 Å². The molecule has 0 saturated carbocycles. The number of amides is 1. The molecule has 0 unspecified atom stereocenters. The minimum atomic E-state index is -1.01. The van der Waals surface area contributed by atoms with Crippen LogP contribution in [-0.4, -0.2) is 79.4 Å². The first-order chi connectivity index (χ1) is 15.6. The molecule has 0 bridgehead atoms. The van der Waals surface area contributed by atoms with Crippen molar-refractivity contribution in [2.75, 3.05) is 46.6 Å². The van der Waals surface area contributed by atoms with Crippen LogP contribution in [0.2, 0.25) is 0 Å². The Morgan fingerprint density at radius 3 is 2.56 bits per heavy atom. The van der Waals surface area contributed by atoms with Gasteiger partial charge in [0.25, 0.3) is 5.91 Å². The highest BCUT2D eigenvalue weighted by atomic mass is 16.5. The maximum atomic E-state index is 13.3. The van der Waals surface area contributed by atoms with Gasteiger partial charge in [-0.05, 0) is 29.3 Å². The molecule has 0 radical (unpaired) electrons. The van der Waals surface area contributed by atoms with Crippen molar-refractivity contribution in [1.29, 1.82) is 0 Å². The molecule has 32 heavy (non-hydrogen) atoms. The Hall–Kier alpha value is -3.10. The van der Waals surface area contributed by atoms with Crippen LogP contribution in [-0.2, 0) is 22.5 Å². The molecule has 1 amide bonds. The number of methoxy groups -OCH3 is 1. The summed E-state index contributed by atoms with van der Waals surface area (Å²) in [4.78, 5) is 28.9. The summed E-state index contributed by atoms with van der Waals surface area (Å²) in [6.07, 6.45) is 0.288. The molecule has 0 spiro atoms. The van der Waals surface area contributed by atoms with Gasteiger partial charge in [-0.3, -0.25) is 9.69 Å². The molecule has 2 heterocycles. The van der Waals surface area contributed by atoms with Crippen molar-refractivity contribution in [3.63, 3.8) is 0 Å². The number of nitrogens with zero attached hydrogens (tertiary/aromatic N) is 2. The number of aliphatic carboxylic acids is 1. The molecular weight excluding hydrogens is 412 g/mol. The third kappa shape index (κ3) is 4.87. The standard InChI is InChI=1S/C24H28N2O6/c1-30-21-7-6-18(15-22(21)32-13-10-25-8-11-31-12-9-25)23(27)26-16-19-5-3-2-4-17(19)14-20(26)24(28)29/h2-7,15,20H,8-14,16H2,1H3,(H,28,29)/t20-/m0/s1. The van der Waals surface area contributed by atoms with Crippen molar-refractivity contribution in [1.82, 2.24) is 9.80 Å². The molecule has 4 rings (SSSR count). The van der Waals surface area contributed by atoms with Gasteiger partial charge in [0.2, 0.25) is 0 Å². The van der Waals surface area contributed by atoms with Crippen molar-refractivity contribution >= 4 is 11.9 Å². The Kier molecular flexibility index (Phi) is 6.92. The van der Waals surface area contributed by atoms with Crippen LogP contribution in [0.25, 0.3) is 0 Å². The highest BCUT2D eigenvalue weighted by Gasteiger charge is 2.35. The summed E-state index contributed by atoms with van der Waals surface area (Å²) in [5.74, 6) is -0.353. The summed E-state index contributed by atoms with van der Waals surface area (Å²) in [6.45, 7) is 4.62. The number of rotatable bonds is 7. The fraction of sp³-hybridized carbons (Fsp3) is 0.417. The lowest BCUT2D eigenvalue weighted by atomic mass is 9.93. The highest BCUT2D eigenvalue weighted by molar-refractivity contribution is 5.97. The van der Waals surface area contributed by atoms with E-state index in [-0.39, 0.29) is 18.9 Å². The molecule has 2 aromatic rings. The molecular formula is C24H28N2O6. The number of carbonyl (C=O) groups is 2. The quantitative estimate of drug-likeness (QED) is 0.705. The van der Waals surface area contributed by atoms with E-state index in [1.54, 1.807) is 25.3 Å². The Morgan fingerprint density at radius 2 is 1.84 bits per heavy atom. The smallest absolute Gasteiger partial charge is 0.326 e. The number of carboxylic acid groups (broad SMARTS) is 1. The summed E-state index contributed by atoms with van der Waals surface area (Å²) in [7, 11) is 1.55. The van der Waals surface area contributed by atoms with E-state index < -0.39 is 12.0 Å². The van der Waals surface area contributed by atoms with E-state index in [4.69, 9.17) is 14.2 Å². The van der Waals surface area contributed by atoms with Gasteiger partial charge in [0.05, 0.1) is 20.3 Å². The van der Waals surface area contributed by atoms with E-state index in [9.17, 15) is 14.7 Å². The number of carbonyl (C=O) groups excluding carboxylic acids is 1. The first kappa shape index (κ1) is 22.1. The van der Waals surface area contributed by atoms with Gasteiger partial charge in [0.1, 0.15) is 12.6 Å². The molecule has 2 aliphatic rings. The number of hydrogen-bond donors (Lipinski definition) is 1. The SMILES string of the molecule is COc1ccc(C(=O)N2Cc3ccccc3C[C@H]2C(=O)O)cc1OCCN1CCOCC1. The molecule has 0 aliphatic carbocycles. The van der Waals surface area contributed by atoms with Crippen LogP contribution < -0.4 is 9.47 Å². The fourth-order valence-corrected chi connectivity index (χ4v) is 4.15. The van der Waals surface area contributed by atoms with Gasteiger partial charge in [-0.25, -0.2) is 4.79 Å². The average molecular weight is 440 g/mol. The molecule has 1 N–H and O–H groups in total. The molecule has 8 heteroatoms. The van der Waals surface area contributed by atoms with E-state index in [2.05, 4.69) is 4.90 Å². The Morgan fingerprint density at radius 1 is 1.09 bits per heavy atom. The predicted octanol–water partition coefficient (Wildman–Crippen LogP) is 2.06. The van der Waals surface area contributed by atoms with E-state index in [1.165, 1.54) is 4.90 Å². The highest BCUT2D eigenvalue weighted by Crippen LogP contribution is 2.31. The van der Waals surface area contributed by atoms with Crippen LogP contribution in [0.1, 0.15) is 21.5 Å². The van der Waals surface area contributed by atoms with Crippen LogP contribution in [0.4, 0.5) is 0 Å². The average Bonchev–Trinajstić information content (AvgIpc) is 2.83. The third-order valence-corrected chi connectivity index (χ3v) is 5.97. The topological polar surface area (TPSA) is 88.5 Å². The predicted molar refractivity (Wildman–Crippen MR) is 117 cm³/mol. The molecule has 1 saturated heterocycles. The van der Waals surface area contributed by atoms with Crippen molar-refractivity contribution in [2.24, 2.45) is 0 Å². The van der Waals surface area contributed by atoms with Gasteiger partial charge >= 0.3 is 5.97 Å². The number of carboxylic acids is 1. The molecule has 1 fully saturated rings. The van der Waals surface area contributed by atoms with Crippen LogP contribution in [0.5, 0.6) is 11.5 Å². The van der Waals surface area contributed by atoms with Crippen molar-refractivity contribution < 1.29 is 28.9 Å². The molecule has 2 aliphatic heterocycles. The Bertz CT molecular complexity index is 973.